The van der Waals surface area contributed by atoms with E-state index in [1.807, 2.05) is 0 Å². The molecule has 10 heteroatoms. The van der Waals surface area contributed by atoms with Gasteiger partial charge in [0.15, 0.2) is 0 Å². The van der Waals surface area contributed by atoms with Gasteiger partial charge in [0.2, 0.25) is 5.82 Å². The molecule has 2 aromatic carbocycles. The molecule has 0 spiro atoms. The number of carbonyl (C=O) groups is 2. The number of benzene rings is 2. The van der Waals surface area contributed by atoms with Gasteiger partial charge >= 0.3 is 11.8 Å². The molecule has 0 saturated heterocycles. The molecule has 1 heterocycles. The molecule has 9 nitrogen and oxygen atoms in total. The molecule has 0 aliphatic carbocycles. The molecule has 0 unspecified atom stereocenters. The molecule has 0 atom stereocenters. The maximum atomic E-state index is 12.3. The number of aromatic nitrogens is 2. The van der Waals surface area contributed by atoms with E-state index in [4.69, 9.17) is 26.3 Å². The van der Waals surface area contributed by atoms with Crippen LogP contribution in [0.3, 0.4) is 0 Å². The fraction of sp³-hybridized carbons (Fsp3) is 0.136. The van der Waals surface area contributed by atoms with Crippen LogP contribution in [0.15, 0.2) is 59.1 Å². The average Bonchev–Trinajstić information content (AvgIpc) is 3.23. The van der Waals surface area contributed by atoms with E-state index in [9.17, 15) is 9.59 Å². The quantitative estimate of drug-likeness (QED) is 0.426. The van der Waals surface area contributed by atoms with E-state index in [1.165, 1.54) is 11.0 Å². The highest BCUT2D eigenvalue weighted by molar-refractivity contribution is 6.33. The lowest BCUT2D eigenvalue weighted by atomic mass is 10.2. The van der Waals surface area contributed by atoms with Crippen molar-refractivity contribution in [1.82, 2.24) is 20.4 Å². The first-order chi connectivity index (χ1) is 15.3. The van der Waals surface area contributed by atoms with Crippen molar-refractivity contribution in [3.63, 3.8) is 0 Å². The minimum Gasteiger partial charge on any atom is -0.457 e. The fourth-order valence-corrected chi connectivity index (χ4v) is 2.85. The van der Waals surface area contributed by atoms with E-state index in [0.717, 1.165) is 0 Å². The van der Waals surface area contributed by atoms with Gasteiger partial charge in [-0.1, -0.05) is 28.9 Å². The van der Waals surface area contributed by atoms with Crippen molar-refractivity contribution in [3.05, 3.63) is 71.1 Å². The fourth-order valence-electron chi connectivity index (χ4n) is 2.59. The Kier molecular flexibility index (Phi) is 7.01. The van der Waals surface area contributed by atoms with Crippen molar-refractivity contribution in [2.45, 2.75) is 6.92 Å². The van der Waals surface area contributed by atoms with E-state index in [1.54, 1.807) is 69.6 Å². The average molecular weight is 454 g/mol. The predicted molar refractivity (Wildman–Crippen MR) is 119 cm³/mol. The molecule has 0 saturated carbocycles. The van der Waals surface area contributed by atoms with Gasteiger partial charge in [-0.25, -0.2) is 0 Å². The monoisotopic (exact) mass is 453 g/mol. The Bertz CT molecular complexity index is 1200. The predicted octanol–water partition coefficient (Wildman–Crippen LogP) is 4.17. The normalized spacial score (nSPS) is 10.8. The van der Waals surface area contributed by atoms with Crippen molar-refractivity contribution in [1.29, 1.82) is 5.41 Å². The number of hydrogen-bond acceptors (Lipinski definition) is 7. The number of nitrogens with one attached hydrogen (secondary N) is 2. The number of hydrogen-bond donors (Lipinski definition) is 2. The topological polar surface area (TPSA) is 121 Å². The number of nitrogens with zero attached hydrogens (tertiary/aromatic N) is 3. The number of rotatable bonds is 6. The summed E-state index contributed by atoms with van der Waals surface area (Å²) in [7, 11) is 3.16. The summed E-state index contributed by atoms with van der Waals surface area (Å²) in [6, 6.07) is 11.4. The second kappa shape index (κ2) is 9.88. The number of halogens is 1. The van der Waals surface area contributed by atoms with Gasteiger partial charge in [-0.05, 0) is 43.3 Å². The van der Waals surface area contributed by atoms with Crippen molar-refractivity contribution < 1.29 is 18.8 Å². The second-order valence-electron chi connectivity index (χ2n) is 6.76. The van der Waals surface area contributed by atoms with E-state index in [0.29, 0.717) is 27.6 Å². The Hall–Kier alpha value is -3.98. The standard InChI is InChI=1S/C22H20ClN5O4/c1-4-6-18(24)25-20(29)13-7-5-8-14(11-13)31-15-9-10-16(17(23)12-15)19-26-21(32-27-19)22(30)28(2)3/h4-12H,1-3H3,(H2,24,25,29)/b6-4-. The van der Waals surface area contributed by atoms with Gasteiger partial charge in [0, 0.05) is 31.3 Å². The summed E-state index contributed by atoms with van der Waals surface area (Å²) in [5.41, 5.74) is 0.806. The molecular weight excluding hydrogens is 434 g/mol. The van der Waals surface area contributed by atoms with Crippen LogP contribution in [0.4, 0.5) is 0 Å². The molecule has 0 aliphatic rings. The summed E-state index contributed by atoms with van der Waals surface area (Å²) in [4.78, 5) is 29.6. The lowest BCUT2D eigenvalue weighted by Gasteiger charge is -2.09. The van der Waals surface area contributed by atoms with Crippen LogP contribution in [-0.4, -0.2) is 46.8 Å². The minimum absolute atomic E-state index is 0.0110. The van der Waals surface area contributed by atoms with Crippen LogP contribution < -0.4 is 10.1 Å². The Morgan fingerprint density at radius 3 is 2.62 bits per heavy atom. The number of amidine groups is 1. The largest absolute Gasteiger partial charge is 0.457 e. The van der Waals surface area contributed by atoms with Gasteiger partial charge in [0.1, 0.15) is 17.3 Å². The van der Waals surface area contributed by atoms with Crippen molar-refractivity contribution in [3.8, 4) is 22.9 Å². The zero-order valence-corrected chi connectivity index (χ0v) is 18.3. The lowest BCUT2D eigenvalue weighted by Crippen LogP contribution is -2.28. The van der Waals surface area contributed by atoms with E-state index >= 15 is 0 Å². The van der Waals surface area contributed by atoms with Crippen LogP contribution in [0.25, 0.3) is 11.4 Å². The van der Waals surface area contributed by atoms with Gasteiger partial charge < -0.3 is 19.5 Å². The number of amides is 2. The zero-order chi connectivity index (χ0) is 23.3. The van der Waals surface area contributed by atoms with Gasteiger partial charge in [-0.15, -0.1) is 0 Å². The molecule has 0 fully saturated rings. The highest BCUT2D eigenvalue weighted by Crippen LogP contribution is 2.32. The van der Waals surface area contributed by atoms with Crippen molar-refractivity contribution in [2.24, 2.45) is 0 Å². The summed E-state index contributed by atoms with van der Waals surface area (Å²) < 4.78 is 10.8. The lowest BCUT2D eigenvalue weighted by molar-refractivity contribution is 0.0779. The number of allylic oxidation sites excluding steroid dienone is 1. The first-order valence-electron chi connectivity index (χ1n) is 9.44. The van der Waals surface area contributed by atoms with Crippen LogP contribution >= 0.6 is 11.6 Å². The van der Waals surface area contributed by atoms with E-state index in [-0.39, 0.29) is 17.6 Å². The molecular formula is C22H20ClN5O4. The van der Waals surface area contributed by atoms with Crippen LogP contribution in [0.2, 0.25) is 5.02 Å². The van der Waals surface area contributed by atoms with Gasteiger partial charge in [0.25, 0.3) is 5.91 Å². The minimum atomic E-state index is -0.424. The Morgan fingerprint density at radius 1 is 1.19 bits per heavy atom. The van der Waals surface area contributed by atoms with Crippen molar-refractivity contribution >= 4 is 29.3 Å². The Balaban J connectivity index is 1.76. The first kappa shape index (κ1) is 22.7. The summed E-state index contributed by atoms with van der Waals surface area (Å²) in [6.45, 7) is 1.76. The van der Waals surface area contributed by atoms with Gasteiger partial charge in [-0.3, -0.25) is 15.0 Å². The third-order valence-electron chi connectivity index (χ3n) is 4.11. The molecule has 0 radical (unpaired) electrons. The number of ether oxygens (including phenoxy) is 1. The molecule has 1 aromatic heterocycles. The SMILES string of the molecule is C/C=C\C(=N)NC(=O)c1cccc(Oc2ccc(-c3noc(C(=O)N(C)C)n3)c(Cl)c2)c1. The molecule has 32 heavy (non-hydrogen) atoms. The van der Waals surface area contributed by atoms with E-state index < -0.39 is 11.8 Å². The van der Waals surface area contributed by atoms with Crippen LogP contribution in [0.5, 0.6) is 11.5 Å². The number of carbonyl (C=O) groups excluding carboxylic acids is 2. The van der Waals surface area contributed by atoms with Crippen LogP contribution in [0.1, 0.15) is 28.0 Å². The highest BCUT2D eigenvalue weighted by atomic mass is 35.5. The highest BCUT2D eigenvalue weighted by Gasteiger charge is 2.19. The third kappa shape index (κ3) is 5.38. The van der Waals surface area contributed by atoms with E-state index in [2.05, 4.69) is 15.5 Å². The third-order valence-corrected chi connectivity index (χ3v) is 4.42. The Labute approximate surface area is 189 Å². The molecule has 0 bridgehead atoms. The summed E-state index contributed by atoms with van der Waals surface area (Å²) in [6.07, 6.45) is 3.13. The summed E-state index contributed by atoms with van der Waals surface area (Å²) in [5, 5.41) is 14.2. The maximum Gasteiger partial charge on any atom is 0.316 e. The molecule has 0 aliphatic heterocycles. The van der Waals surface area contributed by atoms with Crippen molar-refractivity contribution in [2.75, 3.05) is 14.1 Å². The molecule has 3 rings (SSSR count). The second-order valence-corrected chi connectivity index (χ2v) is 7.17. The zero-order valence-electron chi connectivity index (χ0n) is 17.5. The molecule has 2 N–H and O–H groups in total. The molecule has 3 aromatic rings. The van der Waals surface area contributed by atoms with Crippen LogP contribution in [-0.2, 0) is 0 Å². The molecule has 164 valence electrons. The van der Waals surface area contributed by atoms with Gasteiger partial charge in [-0.2, -0.15) is 4.98 Å². The van der Waals surface area contributed by atoms with Gasteiger partial charge in [0.05, 0.1) is 5.02 Å². The van der Waals surface area contributed by atoms with Crippen LogP contribution in [0, 0.1) is 5.41 Å². The Morgan fingerprint density at radius 2 is 1.94 bits per heavy atom. The summed E-state index contributed by atoms with van der Waals surface area (Å²) in [5.74, 6) is 0.0244. The maximum absolute atomic E-state index is 12.3. The summed E-state index contributed by atoms with van der Waals surface area (Å²) >= 11 is 6.36. The smallest absolute Gasteiger partial charge is 0.316 e. The molecule has 2 amide bonds. The first-order valence-corrected chi connectivity index (χ1v) is 9.82.